The molecule has 0 spiro atoms. The third kappa shape index (κ3) is 5.02. The Morgan fingerprint density at radius 2 is 2.00 bits per heavy atom. The zero-order valence-corrected chi connectivity index (χ0v) is 17.5. The zero-order chi connectivity index (χ0) is 19.9. The molecule has 0 radical (unpaired) electrons. The summed E-state index contributed by atoms with van der Waals surface area (Å²) in [7, 11) is 1.81. The normalized spacial score (nSPS) is 15.6. The van der Waals surface area contributed by atoms with Gasteiger partial charge in [0.05, 0.1) is 18.3 Å². The van der Waals surface area contributed by atoms with E-state index in [4.69, 9.17) is 0 Å². The van der Waals surface area contributed by atoms with Crippen molar-refractivity contribution in [1.29, 1.82) is 0 Å². The maximum absolute atomic E-state index is 4.39. The van der Waals surface area contributed by atoms with E-state index in [0.29, 0.717) is 6.54 Å². The molecule has 29 heavy (non-hydrogen) atoms. The van der Waals surface area contributed by atoms with Crippen LogP contribution >= 0.6 is 11.3 Å². The first-order valence-electron chi connectivity index (χ1n) is 10.0. The van der Waals surface area contributed by atoms with E-state index in [1.54, 1.807) is 0 Å². The van der Waals surface area contributed by atoms with Crippen molar-refractivity contribution in [3.05, 3.63) is 87.9 Å². The molecule has 3 aromatic rings. The standard InChI is InChI=1S/C23H27N5S/c1-24-23(26-15-20-9-5-6-12-25-20)27-16-21(18-7-3-2-4-8-18)28-13-10-22-19(17-28)11-14-29-22/h2-9,11-12,14,21H,10,13,15-17H2,1H3,(H2,24,26,27). The summed E-state index contributed by atoms with van der Waals surface area (Å²) in [5, 5.41) is 9.11. The molecule has 1 aromatic carbocycles. The molecule has 1 aliphatic rings. The number of aliphatic imine (C=N–C) groups is 1. The number of thiophene rings is 1. The maximum atomic E-state index is 4.39. The highest BCUT2D eigenvalue weighted by atomic mass is 32.1. The van der Waals surface area contributed by atoms with Gasteiger partial charge in [-0.25, -0.2) is 0 Å². The number of hydrogen-bond acceptors (Lipinski definition) is 4. The van der Waals surface area contributed by atoms with Gasteiger partial charge in [0, 0.05) is 37.8 Å². The SMILES string of the molecule is CN=C(NCc1ccccn1)NCC(c1ccccc1)N1CCc2sccc2C1. The van der Waals surface area contributed by atoms with Crippen molar-refractivity contribution in [3.8, 4) is 0 Å². The third-order valence-corrected chi connectivity index (χ3v) is 6.33. The summed E-state index contributed by atoms with van der Waals surface area (Å²) in [5.74, 6) is 0.796. The molecule has 0 fully saturated rings. The van der Waals surface area contributed by atoms with E-state index in [-0.39, 0.29) is 6.04 Å². The highest BCUT2D eigenvalue weighted by Crippen LogP contribution is 2.30. The number of hydrogen-bond donors (Lipinski definition) is 2. The van der Waals surface area contributed by atoms with Crippen molar-refractivity contribution in [1.82, 2.24) is 20.5 Å². The number of pyridine rings is 1. The lowest BCUT2D eigenvalue weighted by Gasteiger charge is -2.35. The van der Waals surface area contributed by atoms with Crippen LogP contribution in [-0.4, -0.2) is 36.0 Å². The molecule has 2 N–H and O–H groups in total. The summed E-state index contributed by atoms with van der Waals surface area (Å²) in [5.41, 5.74) is 3.80. The van der Waals surface area contributed by atoms with Gasteiger partial charge in [-0.1, -0.05) is 36.4 Å². The fraction of sp³-hybridized carbons (Fsp3) is 0.304. The number of guanidine groups is 1. The predicted molar refractivity (Wildman–Crippen MR) is 120 cm³/mol. The minimum Gasteiger partial charge on any atom is -0.354 e. The smallest absolute Gasteiger partial charge is 0.191 e. The number of nitrogens with one attached hydrogen (secondary N) is 2. The Bertz CT molecular complexity index is 923. The van der Waals surface area contributed by atoms with E-state index in [1.807, 2.05) is 42.8 Å². The molecule has 2 aromatic heterocycles. The Kier molecular flexibility index (Phi) is 6.54. The fourth-order valence-electron chi connectivity index (χ4n) is 3.76. The van der Waals surface area contributed by atoms with E-state index < -0.39 is 0 Å². The lowest BCUT2D eigenvalue weighted by atomic mass is 10.0. The maximum Gasteiger partial charge on any atom is 0.191 e. The molecule has 3 heterocycles. The Morgan fingerprint density at radius 1 is 1.14 bits per heavy atom. The van der Waals surface area contributed by atoms with Crippen LogP contribution in [0.4, 0.5) is 0 Å². The minimum absolute atomic E-state index is 0.289. The van der Waals surface area contributed by atoms with Gasteiger partial charge in [0.15, 0.2) is 5.96 Å². The number of aromatic nitrogens is 1. The molecular weight excluding hydrogens is 378 g/mol. The van der Waals surface area contributed by atoms with Crippen molar-refractivity contribution >= 4 is 17.3 Å². The van der Waals surface area contributed by atoms with Crippen LogP contribution in [0.15, 0.2) is 71.2 Å². The number of rotatable bonds is 6. The zero-order valence-electron chi connectivity index (χ0n) is 16.7. The summed E-state index contributed by atoms with van der Waals surface area (Å²) in [6, 6.07) is 19.3. The van der Waals surface area contributed by atoms with E-state index in [2.05, 4.69) is 67.3 Å². The molecule has 0 saturated heterocycles. The molecule has 0 aliphatic carbocycles. The average molecular weight is 406 g/mol. The van der Waals surface area contributed by atoms with Crippen LogP contribution in [0.1, 0.15) is 27.7 Å². The van der Waals surface area contributed by atoms with Gasteiger partial charge in [-0.05, 0) is 41.1 Å². The molecule has 6 heteroatoms. The number of nitrogens with zero attached hydrogens (tertiary/aromatic N) is 3. The average Bonchev–Trinajstić information content (AvgIpc) is 3.25. The Hall–Kier alpha value is -2.70. The van der Waals surface area contributed by atoms with Crippen molar-refractivity contribution in [3.63, 3.8) is 0 Å². The second kappa shape index (κ2) is 9.67. The largest absolute Gasteiger partial charge is 0.354 e. The molecule has 0 amide bonds. The first-order chi connectivity index (χ1) is 14.3. The second-order valence-electron chi connectivity index (χ2n) is 7.14. The van der Waals surface area contributed by atoms with Gasteiger partial charge in [0.25, 0.3) is 0 Å². The second-order valence-corrected chi connectivity index (χ2v) is 8.14. The van der Waals surface area contributed by atoms with Crippen LogP contribution in [0.25, 0.3) is 0 Å². The summed E-state index contributed by atoms with van der Waals surface area (Å²) in [6.45, 7) is 3.53. The molecular formula is C23H27N5S. The van der Waals surface area contributed by atoms with Gasteiger partial charge in [-0.2, -0.15) is 0 Å². The van der Waals surface area contributed by atoms with Gasteiger partial charge in [0.2, 0.25) is 0 Å². The van der Waals surface area contributed by atoms with Crippen molar-refractivity contribution in [2.45, 2.75) is 25.6 Å². The molecule has 1 atom stereocenters. The van der Waals surface area contributed by atoms with Crippen LogP contribution < -0.4 is 10.6 Å². The number of fused-ring (bicyclic) bond motifs is 1. The van der Waals surface area contributed by atoms with E-state index in [0.717, 1.165) is 37.7 Å². The summed E-state index contributed by atoms with van der Waals surface area (Å²) < 4.78 is 0. The van der Waals surface area contributed by atoms with Crippen LogP contribution in [0.2, 0.25) is 0 Å². The van der Waals surface area contributed by atoms with E-state index in [1.165, 1.54) is 16.0 Å². The highest BCUT2D eigenvalue weighted by Gasteiger charge is 2.25. The first-order valence-corrected chi connectivity index (χ1v) is 10.9. The molecule has 4 rings (SSSR count). The summed E-state index contributed by atoms with van der Waals surface area (Å²) >= 11 is 1.88. The van der Waals surface area contributed by atoms with Crippen molar-refractivity contribution in [2.75, 3.05) is 20.1 Å². The lowest BCUT2D eigenvalue weighted by molar-refractivity contribution is 0.181. The molecule has 0 bridgehead atoms. The lowest BCUT2D eigenvalue weighted by Crippen LogP contribution is -2.44. The van der Waals surface area contributed by atoms with E-state index in [9.17, 15) is 0 Å². The predicted octanol–water partition coefficient (Wildman–Crippen LogP) is 3.61. The van der Waals surface area contributed by atoms with E-state index >= 15 is 0 Å². The topological polar surface area (TPSA) is 52.6 Å². The molecule has 150 valence electrons. The Balaban J connectivity index is 1.43. The van der Waals surface area contributed by atoms with Crippen molar-refractivity contribution < 1.29 is 0 Å². The Labute approximate surface area is 176 Å². The van der Waals surface area contributed by atoms with Gasteiger partial charge < -0.3 is 10.6 Å². The summed E-state index contributed by atoms with van der Waals surface area (Å²) in [6.07, 6.45) is 2.94. The quantitative estimate of drug-likeness (QED) is 0.486. The first kappa shape index (κ1) is 19.6. The number of benzene rings is 1. The van der Waals surface area contributed by atoms with Gasteiger partial charge in [-0.3, -0.25) is 14.9 Å². The van der Waals surface area contributed by atoms with Gasteiger partial charge in [0.1, 0.15) is 0 Å². The highest BCUT2D eigenvalue weighted by molar-refractivity contribution is 7.10. The van der Waals surface area contributed by atoms with Crippen LogP contribution in [0, 0.1) is 0 Å². The fourth-order valence-corrected chi connectivity index (χ4v) is 4.65. The van der Waals surface area contributed by atoms with Gasteiger partial charge >= 0.3 is 0 Å². The molecule has 5 nitrogen and oxygen atoms in total. The van der Waals surface area contributed by atoms with Crippen molar-refractivity contribution in [2.24, 2.45) is 4.99 Å². The molecule has 1 aliphatic heterocycles. The molecule has 1 unspecified atom stereocenters. The van der Waals surface area contributed by atoms with Gasteiger partial charge in [-0.15, -0.1) is 11.3 Å². The minimum atomic E-state index is 0.289. The van der Waals surface area contributed by atoms with Crippen LogP contribution in [0.5, 0.6) is 0 Å². The third-order valence-electron chi connectivity index (χ3n) is 5.31. The summed E-state index contributed by atoms with van der Waals surface area (Å²) in [4.78, 5) is 12.9. The van der Waals surface area contributed by atoms with Crippen LogP contribution in [0.3, 0.4) is 0 Å². The molecule has 0 saturated carbocycles. The Morgan fingerprint density at radius 3 is 2.79 bits per heavy atom. The van der Waals surface area contributed by atoms with Crippen LogP contribution in [-0.2, 0) is 19.5 Å². The monoisotopic (exact) mass is 405 g/mol.